The molecule has 2 aliphatic rings. The Bertz CT molecular complexity index is 983. The van der Waals surface area contributed by atoms with Crippen molar-refractivity contribution < 1.29 is 19.8 Å². The molecule has 0 saturated heterocycles. The zero-order valence-corrected chi connectivity index (χ0v) is 27.2. The standard InChI is InChI=1S/C34H56N2O4/c1-29(2,3)25-21-23(17-19-33(25,39)31(7,8)9)13-15-27(37)35-36-28(38)16-14-24-18-20-34(40,32(10,11)12)26(22-24)30(4,5)6/h17-22,25-26,39-40H,13-16H2,1-12H3,(H,35,37)(H,36,38). The minimum Gasteiger partial charge on any atom is -0.385 e. The summed E-state index contributed by atoms with van der Waals surface area (Å²) in [5.41, 5.74) is 4.15. The third kappa shape index (κ3) is 7.76. The SMILES string of the molecule is CC(C)(C)C1C=C(CCC(=O)NNC(=O)CCC2=CC(C(C)(C)C)C(O)(C(C)(C)C)C=C2)C=CC1(O)C(C)(C)C. The van der Waals surface area contributed by atoms with Crippen LogP contribution < -0.4 is 10.9 Å². The van der Waals surface area contributed by atoms with E-state index < -0.39 is 11.2 Å². The highest BCUT2D eigenvalue weighted by atomic mass is 16.3. The molecule has 6 nitrogen and oxygen atoms in total. The molecular weight excluding hydrogens is 500 g/mol. The zero-order valence-electron chi connectivity index (χ0n) is 27.2. The topological polar surface area (TPSA) is 98.7 Å². The lowest BCUT2D eigenvalue weighted by molar-refractivity contribution is -0.128. The maximum atomic E-state index is 12.5. The molecule has 4 N–H and O–H groups in total. The molecule has 0 fully saturated rings. The number of hydrogen-bond acceptors (Lipinski definition) is 4. The smallest absolute Gasteiger partial charge is 0.238 e. The number of amides is 2. The molecule has 0 aromatic carbocycles. The van der Waals surface area contributed by atoms with Gasteiger partial charge in [-0.25, -0.2) is 0 Å². The summed E-state index contributed by atoms with van der Waals surface area (Å²) in [6.07, 6.45) is 13.3. The van der Waals surface area contributed by atoms with Gasteiger partial charge in [-0.15, -0.1) is 0 Å². The van der Waals surface area contributed by atoms with Crippen molar-refractivity contribution in [3.05, 3.63) is 47.6 Å². The Labute approximate surface area is 243 Å². The van der Waals surface area contributed by atoms with Crippen molar-refractivity contribution in [1.82, 2.24) is 10.9 Å². The first-order valence-electron chi connectivity index (χ1n) is 14.7. The number of rotatable bonds is 6. The summed E-state index contributed by atoms with van der Waals surface area (Å²) in [6, 6.07) is 0. The van der Waals surface area contributed by atoms with E-state index >= 15 is 0 Å². The second kappa shape index (κ2) is 11.6. The summed E-state index contributed by atoms with van der Waals surface area (Å²) >= 11 is 0. The van der Waals surface area contributed by atoms with Gasteiger partial charge in [-0.1, -0.05) is 131 Å². The van der Waals surface area contributed by atoms with Crippen LogP contribution in [-0.2, 0) is 9.59 Å². The van der Waals surface area contributed by atoms with Gasteiger partial charge in [0.15, 0.2) is 0 Å². The van der Waals surface area contributed by atoms with E-state index in [-0.39, 0.29) is 58.2 Å². The molecule has 0 radical (unpaired) electrons. The number of carbonyl (C=O) groups is 2. The van der Waals surface area contributed by atoms with Gasteiger partial charge in [-0.05, 0) is 34.5 Å². The van der Waals surface area contributed by atoms with Crippen LogP contribution in [0.2, 0.25) is 0 Å². The average Bonchev–Trinajstić information content (AvgIpc) is 2.78. The van der Waals surface area contributed by atoms with E-state index in [2.05, 4.69) is 64.5 Å². The van der Waals surface area contributed by atoms with Gasteiger partial charge < -0.3 is 10.2 Å². The summed E-state index contributed by atoms with van der Waals surface area (Å²) in [5.74, 6) is -0.704. The van der Waals surface area contributed by atoms with Gasteiger partial charge in [-0.3, -0.25) is 20.4 Å². The number of allylic oxidation sites excluding steroid dienone is 4. The molecule has 226 valence electrons. The molecule has 0 aliphatic heterocycles. The second-order valence-corrected chi connectivity index (χ2v) is 16.1. The van der Waals surface area contributed by atoms with Gasteiger partial charge in [-0.2, -0.15) is 0 Å². The minimum absolute atomic E-state index is 0.0943. The van der Waals surface area contributed by atoms with Crippen molar-refractivity contribution in [3.8, 4) is 0 Å². The van der Waals surface area contributed by atoms with Crippen LogP contribution in [0.4, 0.5) is 0 Å². The highest BCUT2D eigenvalue weighted by Crippen LogP contribution is 2.50. The van der Waals surface area contributed by atoms with Crippen LogP contribution in [0.1, 0.15) is 109 Å². The van der Waals surface area contributed by atoms with E-state index in [0.29, 0.717) is 12.8 Å². The normalized spacial score (nSPS) is 27.6. The fourth-order valence-electron chi connectivity index (χ4n) is 5.84. The minimum atomic E-state index is -0.980. The maximum Gasteiger partial charge on any atom is 0.238 e. The number of nitrogens with one attached hydrogen (secondary N) is 2. The fourth-order valence-corrected chi connectivity index (χ4v) is 5.84. The van der Waals surface area contributed by atoms with E-state index in [1.54, 1.807) is 0 Å². The Hall–Kier alpha value is -2.18. The average molecular weight is 557 g/mol. The monoisotopic (exact) mass is 556 g/mol. The van der Waals surface area contributed by atoms with Crippen LogP contribution >= 0.6 is 0 Å². The molecule has 0 aromatic heterocycles. The largest absolute Gasteiger partial charge is 0.385 e. The van der Waals surface area contributed by atoms with Gasteiger partial charge in [0.25, 0.3) is 0 Å². The molecule has 0 heterocycles. The predicted octanol–water partition coefficient (Wildman–Crippen LogP) is 6.57. The number of hydrogen-bond donors (Lipinski definition) is 4. The molecule has 4 atom stereocenters. The van der Waals surface area contributed by atoms with Crippen LogP contribution in [0.5, 0.6) is 0 Å². The summed E-state index contributed by atoms with van der Waals surface area (Å²) in [7, 11) is 0. The van der Waals surface area contributed by atoms with Crippen LogP contribution in [-0.4, -0.2) is 33.2 Å². The lowest BCUT2D eigenvalue weighted by Gasteiger charge is -2.50. The lowest BCUT2D eigenvalue weighted by atomic mass is 9.59. The van der Waals surface area contributed by atoms with Gasteiger partial charge in [0.1, 0.15) is 0 Å². The van der Waals surface area contributed by atoms with Crippen LogP contribution in [0, 0.1) is 33.5 Å². The molecule has 0 bridgehead atoms. The Kier molecular flexibility index (Phi) is 9.87. The number of hydrazine groups is 1. The third-order valence-electron chi connectivity index (χ3n) is 8.70. The zero-order chi connectivity index (χ0) is 30.9. The maximum absolute atomic E-state index is 12.5. The van der Waals surface area contributed by atoms with Crippen molar-refractivity contribution in [2.75, 3.05) is 0 Å². The number of carbonyl (C=O) groups excluding carboxylic acids is 2. The van der Waals surface area contributed by atoms with Gasteiger partial charge >= 0.3 is 0 Å². The van der Waals surface area contributed by atoms with Crippen LogP contribution in [0.25, 0.3) is 0 Å². The third-order valence-corrected chi connectivity index (χ3v) is 8.70. The molecule has 2 amide bonds. The summed E-state index contributed by atoms with van der Waals surface area (Å²) < 4.78 is 0. The highest BCUT2D eigenvalue weighted by Gasteiger charge is 2.50. The summed E-state index contributed by atoms with van der Waals surface area (Å²) in [5, 5.41) is 23.0. The van der Waals surface area contributed by atoms with E-state index in [9.17, 15) is 19.8 Å². The Morgan fingerprint density at radius 1 is 0.650 bits per heavy atom. The first-order valence-corrected chi connectivity index (χ1v) is 14.7. The molecule has 0 spiro atoms. The van der Waals surface area contributed by atoms with Crippen molar-refractivity contribution >= 4 is 11.8 Å². The summed E-state index contributed by atoms with van der Waals surface area (Å²) in [4.78, 5) is 25.0. The molecule has 6 heteroatoms. The lowest BCUT2D eigenvalue weighted by Crippen LogP contribution is -2.52. The Morgan fingerprint density at radius 3 is 1.20 bits per heavy atom. The van der Waals surface area contributed by atoms with Crippen LogP contribution in [0.3, 0.4) is 0 Å². The first kappa shape index (κ1) is 34.0. The van der Waals surface area contributed by atoms with Gasteiger partial charge in [0, 0.05) is 24.7 Å². The Morgan fingerprint density at radius 2 is 0.950 bits per heavy atom. The Balaban J connectivity index is 1.92. The molecule has 2 rings (SSSR count). The van der Waals surface area contributed by atoms with Crippen molar-refractivity contribution in [3.63, 3.8) is 0 Å². The van der Waals surface area contributed by atoms with E-state index in [1.807, 2.05) is 65.8 Å². The molecule has 40 heavy (non-hydrogen) atoms. The molecule has 4 unspecified atom stereocenters. The molecular formula is C34H56N2O4. The van der Waals surface area contributed by atoms with Crippen molar-refractivity contribution in [1.29, 1.82) is 0 Å². The van der Waals surface area contributed by atoms with Gasteiger partial charge in [0.2, 0.25) is 11.8 Å². The highest BCUT2D eigenvalue weighted by molar-refractivity contribution is 5.82. The molecule has 0 saturated carbocycles. The fraction of sp³-hybridized carbons (Fsp3) is 0.706. The summed E-state index contributed by atoms with van der Waals surface area (Å²) in [6.45, 7) is 25.0. The van der Waals surface area contributed by atoms with Crippen molar-refractivity contribution in [2.24, 2.45) is 33.5 Å². The molecule has 2 aliphatic carbocycles. The van der Waals surface area contributed by atoms with Crippen LogP contribution in [0.15, 0.2) is 47.6 Å². The van der Waals surface area contributed by atoms with Crippen molar-refractivity contribution in [2.45, 2.75) is 120 Å². The molecule has 0 aromatic rings. The number of aliphatic hydroxyl groups is 2. The quantitative estimate of drug-likeness (QED) is 0.278. The van der Waals surface area contributed by atoms with E-state index in [0.717, 1.165) is 11.1 Å². The second-order valence-electron chi connectivity index (χ2n) is 16.1. The van der Waals surface area contributed by atoms with E-state index in [1.165, 1.54) is 0 Å². The van der Waals surface area contributed by atoms with Gasteiger partial charge in [0.05, 0.1) is 11.2 Å². The predicted molar refractivity (Wildman–Crippen MR) is 164 cm³/mol. The van der Waals surface area contributed by atoms with E-state index in [4.69, 9.17) is 0 Å². The first-order chi connectivity index (χ1) is 17.9.